The van der Waals surface area contributed by atoms with E-state index < -0.39 is 8.07 Å². The van der Waals surface area contributed by atoms with E-state index in [0.717, 1.165) is 5.88 Å². The van der Waals surface area contributed by atoms with Gasteiger partial charge >= 0.3 is 0 Å². The Morgan fingerprint density at radius 1 is 1.25 bits per heavy atom. The predicted molar refractivity (Wildman–Crippen MR) is 61.9 cm³/mol. The molecule has 0 saturated heterocycles. The Hall–Kier alpha value is 0.507. The van der Waals surface area contributed by atoms with Crippen molar-refractivity contribution in [1.29, 1.82) is 0 Å². The van der Waals surface area contributed by atoms with Crippen molar-refractivity contribution in [3.8, 4) is 0 Å². The van der Waals surface area contributed by atoms with Gasteiger partial charge in [0.1, 0.15) is 0 Å². The van der Waals surface area contributed by atoms with Gasteiger partial charge in [-0.1, -0.05) is 46.0 Å². The standard InChI is InChI=1S/C10H23ClSi/c1-6-7-10(2,8-11)9-12(3,4)5/h6-9H2,1-5H3. The molecule has 0 N–H and O–H groups in total. The molecule has 0 aliphatic rings. The first-order chi connectivity index (χ1) is 5.33. The van der Waals surface area contributed by atoms with Crippen LogP contribution in [0.2, 0.25) is 25.7 Å². The lowest BCUT2D eigenvalue weighted by Crippen LogP contribution is -2.31. The fourth-order valence-corrected chi connectivity index (χ4v) is 5.34. The molecule has 1 unspecified atom stereocenters. The van der Waals surface area contributed by atoms with Crippen LogP contribution in [-0.4, -0.2) is 14.0 Å². The molecule has 1 atom stereocenters. The molecule has 0 rings (SSSR count). The maximum absolute atomic E-state index is 6.02. The van der Waals surface area contributed by atoms with Gasteiger partial charge in [0.15, 0.2) is 0 Å². The molecule has 0 bridgehead atoms. The molecule has 0 heterocycles. The summed E-state index contributed by atoms with van der Waals surface area (Å²) in [4.78, 5) is 0. The molecule has 0 radical (unpaired) electrons. The summed E-state index contributed by atoms with van der Waals surface area (Å²) in [6.07, 6.45) is 2.54. The molecule has 0 saturated carbocycles. The Morgan fingerprint density at radius 3 is 2.00 bits per heavy atom. The maximum atomic E-state index is 6.02. The van der Waals surface area contributed by atoms with Crippen LogP contribution >= 0.6 is 11.6 Å². The molecule has 0 aromatic carbocycles. The fourth-order valence-electron chi connectivity index (χ4n) is 2.09. The van der Waals surface area contributed by atoms with E-state index in [1.165, 1.54) is 18.9 Å². The lowest BCUT2D eigenvalue weighted by atomic mass is 9.90. The highest BCUT2D eigenvalue weighted by atomic mass is 35.5. The Balaban J connectivity index is 4.14. The van der Waals surface area contributed by atoms with Crippen LogP contribution in [0.5, 0.6) is 0 Å². The average Bonchev–Trinajstić information content (AvgIpc) is 1.84. The molecule has 12 heavy (non-hydrogen) atoms. The minimum Gasteiger partial charge on any atom is -0.126 e. The number of hydrogen-bond donors (Lipinski definition) is 0. The summed E-state index contributed by atoms with van der Waals surface area (Å²) in [6, 6.07) is 1.36. The summed E-state index contributed by atoms with van der Waals surface area (Å²) in [7, 11) is -0.935. The van der Waals surface area contributed by atoms with Crippen LogP contribution in [0.4, 0.5) is 0 Å². The van der Waals surface area contributed by atoms with Crippen molar-refractivity contribution in [3.05, 3.63) is 0 Å². The molecule has 0 amide bonds. The molecule has 0 aromatic heterocycles. The zero-order valence-corrected chi connectivity index (χ0v) is 11.0. The SMILES string of the molecule is CCCC(C)(CCl)C[Si](C)(C)C. The zero-order valence-electron chi connectivity index (χ0n) is 9.21. The molecule has 0 aliphatic carbocycles. The van der Waals surface area contributed by atoms with E-state index in [1.807, 2.05) is 0 Å². The first kappa shape index (κ1) is 12.5. The third-order valence-corrected chi connectivity index (χ3v) is 4.69. The van der Waals surface area contributed by atoms with Gasteiger partial charge < -0.3 is 0 Å². The minimum atomic E-state index is -0.935. The summed E-state index contributed by atoms with van der Waals surface area (Å²) >= 11 is 6.02. The van der Waals surface area contributed by atoms with E-state index in [0.29, 0.717) is 5.41 Å². The van der Waals surface area contributed by atoms with Gasteiger partial charge in [-0.05, 0) is 11.8 Å². The number of alkyl halides is 1. The van der Waals surface area contributed by atoms with Crippen LogP contribution in [0.1, 0.15) is 26.7 Å². The van der Waals surface area contributed by atoms with E-state index in [4.69, 9.17) is 11.6 Å². The average molecular weight is 207 g/mol. The summed E-state index contributed by atoms with van der Waals surface area (Å²) in [5.41, 5.74) is 0.404. The van der Waals surface area contributed by atoms with Gasteiger partial charge in [0.25, 0.3) is 0 Å². The topological polar surface area (TPSA) is 0 Å². The van der Waals surface area contributed by atoms with Gasteiger partial charge in [-0.3, -0.25) is 0 Å². The highest BCUT2D eigenvalue weighted by Crippen LogP contribution is 2.34. The van der Waals surface area contributed by atoms with Crippen LogP contribution in [0.25, 0.3) is 0 Å². The van der Waals surface area contributed by atoms with Crippen LogP contribution in [0.15, 0.2) is 0 Å². The quantitative estimate of drug-likeness (QED) is 0.463. The van der Waals surface area contributed by atoms with Gasteiger partial charge in [0.05, 0.1) is 0 Å². The molecule has 74 valence electrons. The minimum absolute atomic E-state index is 0.404. The Bertz CT molecular complexity index is 128. The van der Waals surface area contributed by atoms with E-state index in [-0.39, 0.29) is 0 Å². The van der Waals surface area contributed by atoms with Crippen molar-refractivity contribution in [1.82, 2.24) is 0 Å². The molecular weight excluding hydrogens is 184 g/mol. The second-order valence-corrected chi connectivity index (χ2v) is 11.2. The number of rotatable bonds is 5. The third-order valence-electron chi connectivity index (χ3n) is 2.13. The molecule has 2 heteroatoms. The third kappa shape index (κ3) is 5.21. The van der Waals surface area contributed by atoms with Crippen molar-refractivity contribution in [2.75, 3.05) is 5.88 Å². The Labute approximate surface area is 83.7 Å². The summed E-state index contributed by atoms with van der Waals surface area (Å²) in [5.74, 6) is 0.825. The van der Waals surface area contributed by atoms with E-state index in [9.17, 15) is 0 Å². The highest BCUT2D eigenvalue weighted by molar-refractivity contribution is 6.76. The number of hydrogen-bond acceptors (Lipinski definition) is 0. The summed E-state index contributed by atoms with van der Waals surface area (Å²) in [6.45, 7) is 11.9. The molecule has 0 fully saturated rings. The summed E-state index contributed by atoms with van der Waals surface area (Å²) in [5, 5.41) is 0. The fraction of sp³-hybridized carbons (Fsp3) is 1.00. The summed E-state index contributed by atoms with van der Waals surface area (Å²) < 4.78 is 0. The number of halogens is 1. The lowest BCUT2D eigenvalue weighted by molar-refractivity contribution is 0.374. The lowest BCUT2D eigenvalue weighted by Gasteiger charge is -2.32. The van der Waals surface area contributed by atoms with Gasteiger partial charge in [-0.2, -0.15) is 0 Å². The van der Waals surface area contributed by atoms with Crippen LogP contribution < -0.4 is 0 Å². The monoisotopic (exact) mass is 206 g/mol. The molecule has 0 nitrogen and oxygen atoms in total. The van der Waals surface area contributed by atoms with Crippen LogP contribution in [0, 0.1) is 5.41 Å². The van der Waals surface area contributed by atoms with Gasteiger partial charge in [-0.25, -0.2) is 0 Å². The Kier molecular flexibility index (Phi) is 4.86. The first-order valence-corrected chi connectivity index (χ1v) is 9.13. The van der Waals surface area contributed by atoms with Gasteiger partial charge in [-0.15, -0.1) is 11.6 Å². The van der Waals surface area contributed by atoms with Gasteiger partial charge in [0, 0.05) is 14.0 Å². The van der Waals surface area contributed by atoms with Crippen molar-refractivity contribution in [3.63, 3.8) is 0 Å². The van der Waals surface area contributed by atoms with E-state index in [1.54, 1.807) is 0 Å². The first-order valence-electron chi connectivity index (χ1n) is 4.89. The second-order valence-electron chi connectivity index (χ2n) is 5.43. The maximum Gasteiger partial charge on any atom is 0.0448 e. The smallest absolute Gasteiger partial charge is 0.0448 e. The molecule has 0 spiro atoms. The predicted octanol–water partition coefficient (Wildman–Crippen LogP) is 4.37. The molecular formula is C10H23ClSi. The highest BCUT2D eigenvalue weighted by Gasteiger charge is 2.29. The normalized spacial score (nSPS) is 17.5. The van der Waals surface area contributed by atoms with E-state index >= 15 is 0 Å². The Morgan fingerprint density at radius 2 is 1.75 bits per heavy atom. The van der Waals surface area contributed by atoms with Crippen molar-refractivity contribution >= 4 is 19.7 Å². The molecule has 0 aromatic rings. The zero-order chi connectivity index (χ0) is 9.83. The van der Waals surface area contributed by atoms with E-state index in [2.05, 4.69) is 33.5 Å². The van der Waals surface area contributed by atoms with Gasteiger partial charge in [0.2, 0.25) is 0 Å². The van der Waals surface area contributed by atoms with Crippen molar-refractivity contribution < 1.29 is 0 Å². The van der Waals surface area contributed by atoms with Crippen LogP contribution in [0.3, 0.4) is 0 Å². The van der Waals surface area contributed by atoms with Crippen molar-refractivity contribution in [2.45, 2.75) is 52.4 Å². The van der Waals surface area contributed by atoms with Crippen LogP contribution in [-0.2, 0) is 0 Å². The largest absolute Gasteiger partial charge is 0.126 e. The second kappa shape index (κ2) is 4.66. The molecule has 0 aliphatic heterocycles. The van der Waals surface area contributed by atoms with Crippen molar-refractivity contribution in [2.24, 2.45) is 5.41 Å².